The van der Waals surface area contributed by atoms with E-state index in [0.717, 1.165) is 31.5 Å². The van der Waals surface area contributed by atoms with Crippen LogP contribution in [0.5, 0.6) is 0 Å². The van der Waals surface area contributed by atoms with Crippen molar-refractivity contribution < 1.29 is 9.60 Å². The highest BCUT2D eigenvalue weighted by molar-refractivity contribution is 5.97. The van der Waals surface area contributed by atoms with Crippen molar-refractivity contribution in [1.82, 2.24) is 4.90 Å². The van der Waals surface area contributed by atoms with Crippen LogP contribution in [0.25, 0.3) is 0 Å². The molecule has 0 aliphatic rings. The van der Waals surface area contributed by atoms with Crippen LogP contribution in [-0.4, -0.2) is 29.0 Å². The number of hydrogen-bond acceptors (Lipinski definition) is 3. The molecule has 0 unspecified atom stereocenters. The first kappa shape index (κ1) is 15.4. The maximum absolute atomic E-state index is 13.5. The Kier molecular flexibility index (Phi) is 6.29. The molecular weight excluding hydrogens is 245 g/mol. The van der Waals surface area contributed by atoms with Crippen molar-refractivity contribution in [3.63, 3.8) is 0 Å². The Morgan fingerprint density at radius 3 is 2.42 bits per heavy atom. The average Bonchev–Trinajstić information content (AvgIpc) is 2.37. The second-order valence-electron chi connectivity index (χ2n) is 4.61. The molecule has 0 atom stereocenters. The van der Waals surface area contributed by atoms with Crippen LogP contribution in [0.1, 0.15) is 37.8 Å². The van der Waals surface area contributed by atoms with Crippen LogP contribution in [0.3, 0.4) is 0 Å². The summed E-state index contributed by atoms with van der Waals surface area (Å²) < 4.78 is 13.5. The lowest BCUT2D eigenvalue weighted by Gasteiger charge is -2.21. The molecule has 0 aromatic heterocycles. The van der Waals surface area contributed by atoms with E-state index >= 15 is 0 Å². The molecule has 0 fully saturated rings. The van der Waals surface area contributed by atoms with Crippen molar-refractivity contribution in [2.75, 3.05) is 13.1 Å². The van der Waals surface area contributed by atoms with Gasteiger partial charge in [0.1, 0.15) is 5.82 Å². The van der Waals surface area contributed by atoms with Crippen molar-refractivity contribution in [2.45, 2.75) is 33.2 Å². The zero-order valence-electron chi connectivity index (χ0n) is 11.6. The molecule has 1 aromatic rings. The minimum atomic E-state index is -0.368. The Labute approximate surface area is 113 Å². The van der Waals surface area contributed by atoms with Gasteiger partial charge < -0.3 is 10.9 Å². The highest BCUT2D eigenvalue weighted by Gasteiger charge is 2.08. The number of amidine groups is 1. The molecule has 106 valence electrons. The van der Waals surface area contributed by atoms with E-state index in [9.17, 15) is 4.39 Å². The quantitative estimate of drug-likeness (QED) is 0.345. The second-order valence-corrected chi connectivity index (χ2v) is 4.61. The van der Waals surface area contributed by atoms with Crippen LogP contribution in [0, 0.1) is 5.82 Å². The van der Waals surface area contributed by atoms with E-state index in [1.54, 1.807) is 6.07 Å². The van der Waals surface area contributed by atoms with E-state index in [1.807, 2.05) is 0 Å². The van der Waals surface area contributed by atoms with E-state index in [1.165, 1.54) is 12.1 Å². The molecule has 0 radical (unpaired) electrons. The predicted molar refractivity (Wildman–Crippen MR) is 74.8 cm³/mol. The Balaban J connectivity index is 2.90. The summed E-state index contributed by atoms with van der Waals surface area (Å²) in [4.78, 5) is 2.27. The Morgan fingerprint density at radius 2 is 1.89 bits per heavy atom. The van der Waals surface area contributed by atoms with E-state index in [0.29, 0.717) is 12.1 Å². The van der Waals surface area contributed by atoms with E-state index in [2.05, 4.69) is 23.9 Å². The van der Waals surface area contributed by atoms with Gasteiger partial charge in [0.2, 0.25) is 0 Å². The van der Waals surface area contributed by atoms with Crippen LogP contribution in [0.2, 0.25) is 0 Å². The number of nitrogens with zero attached hydrogens (tertiary/aromatic N) is 2. The summed E-state index contributed by atoms with van der Waals surface area (Å²) >= 11 is 0. The Morgan fingerprint density at radius 1 is 1.26 bits per heavy atom. The van der Waals surface area contributed by atoms with E-state index < -0.39 is 0 Å². The Hall–Kier alpha value is -1.62. The summed E-state index contributed by atoms with van der Waals surface area (Å²) in [6, 6.07) is 4.52. The minimum Gasteiger partial charge on any atom is -0.409 e. The minimum absolute atomic E-state index is 0.0710. The lowest BCUT2D eigenvalue weighted by atomic mass is 10.1. The van der Waals surface area contributed by atoms with Gasteiger partial charge in [-0.25, -0.2) is 4.39 Å². The van der Waals surface area contributed by atoms with Crippen LogP contribution in [-0.2, 0) is 6.54 Å². The van der Waals surface area contributed by atoms with Crippen LogP contribution >= 0.6 is 0 Å². The van der Waals surface area contributed by atoms with Gasteiger partial charge in [-0.05, 0) is 49.7 Å². The standard InChI is InChI=1S/C14H22FN3O/c1-3-5-18(6-4-2)10-11-7-12(14(16)17-19)9-13(15)8-11/h7-9,19H,3-6,10H2,1-2H3,(H2,16,17). The number of nitrogens with two attached hydrogens (primary N) is 1. The van der Waals surface area contributed by atoms with Crippen molar-refractivity contribution in [1.29, 1.82) is 0 Å². The molecule has 3 N–H and O–H groups in total. The fraction of sp³-hybridized carbons (Fsp3) is 0.500. The summed E-state index contributed by atoms with van der Waals surface area (Å²) in [5, 5.41) is 11.6. The lowest BCUT2D eigenvalue weighted by molar-refractivity contribution is 0.266. The molecule has 0 amide bonds. The van der Waals surface area contributed by atoms with Gasteiger partial charge in [0.05, 0.1) is 0 Å². The van der Waals surface area contributed by atoms with Crippen molar-refractivity contribution >= 4 is 5.84 Å². The smallest absolute Gasteiger partial charge is 0.170 e. The molecule has 0 saturated carbocycles. The third-order valence-electron chi connectivity index (χ3n) is 2.85. The van der Waals surface area contributed by atoms with Crippen molar-refractivity contribution in [3.8, 4) is 0 Å². The van der Waals surface area contributed by atoms with Gasteiger partial charge in [-0.1, -0.05) is 19.0 Å². The zero-order valence-corrected chi connectivity index (χ0v) is 11.6. The highest BCUT2D eigenvalue weighted by Crippen LogP contribution is 2.12. The molecule has 5 heteroatoms. The summed E-state index contributed by atoms with van der Waals surface area (Å²) in [7, 11) is 0. The number of benzene rings is 1. The molecule has 0 spiro atoms. The molecule has 0 aliphatic carbocycles. The molecule has 0 bridgehead atoms. The molecule has 4 nitrogen and oxygen atoms in total. The lowest BCUT2D eigenvalue weighted by Crippen LogP contribution is -2.25. The number of oxime groups is 1. The number of hydrogen-bond donors (Lipinski definition) is 2. The van der Waals surface area contributed by atoms with Crippen molar-refractivity contribution in [3.05, 3.63) is 35.1 Å². The van der Waals surface area contributed by atoms with Gasteiger partial charge in [-0.3, -0.25) is 4.90 Å². The highest BCUT2D eigenvalue weighted by atomic mass is 19.1. The fourth-order valence-corrected chi connectivity index (χ4v) is 2.11. The van der Waals surface area contributed by atoms with E-state index in [-0.39, 0.29) is 11.7 Å². The Bertz CT molecular complexity index is 429. The molecule has 1 aromatic carbocycles. The third kappa shape index (κ3) is 4.87. The normalized spacial score (nSPS) is 12.1. The van der Waals surface area contributed by atoms with Gasteiger partial charge in [0.15, 0.2) is 5.84 Å². The average molecular weight is 267 g/mol. The maximum atomic E-state index is 13.5. The van der Waals surface area contributed by atoms with Crippen LogP contribution in [0.15, 0.2) is 23.4 Å². The number of halogens is 1. The van der Waals surface area contributed by atoms with Gasteiger partial charge in [0.25, 0.3) is 0 Å². The monoisotopic (exact) mass is 267 g/mol. The summed E-state index contributed by atoms with van der Waals surface area (Å²) in [5.74, 6) is -0.440. The van der Waals surface area contributed by atoms with Crippen molar-refractivity contribution in [2.24, 2.45) is 10.9 Å². The largest absolute Gasteiger partial charge is 0.409 e. The maximum Gasteiger partial charge on any atom is 0.170 e. The number of rotatable bonds is 7. The molecule has 0 aliphatic heterocycles. The summed E-state index contributed by atoms with van der Waals surface area (Å²) in [6.07, 6.45) is 2.12. The SMILES string of the molecule is CCCN(CCC)Cc1cc(F)cc(/C(N)=N/O)c1. The van der Waals surface area contributed by atoms with Gasteiger partial charge in [-0.15, -0.1) is 0 Å². The molecular formula is C14H22FN3O. The first-order valence-electron chi connectivity index (χ1n) is 6.60. The fourth-order valence-electron chi connectivity index (χ4n) is 2.11. The van der Waals surface area contributed by atoms with Gasteiger partial charge in [0, 0.05) is 12.1 Å². The van der Waals surface area contributed by atoms with Gasteiger partial charge >= 0.3 is 0 Å². The third-order valence-corrected chi connectivity index (χ3v) is 2.85. The second kappa shape index (κ2) is 7.74. The topological polar surface area (TPSA) is 61.8 Å². The first-order chi connectivity index (χ1) is 9.10. The zero-order chi connectivity index (χ0) is 14.3. The molecule has 0 heterocycles. The van der Waals surface area contributed by atoms with Crippen LogP contribution < -0.4 is 5.73 Å². The molecule has 0 saturated heterocycles. The van der Waals surface area contributed by atoms with Crippen LogP contribution in [0.4, 0.5) is 4.39 Å². The first-order valence-corrected chi connectivity index (χ1v) is 6.60. The predicted octanol–water partition coefficient (Wildman–Crippen LogP) is 2.54. The summed E-state index contributed by atoms with van der Waals surface area (Å²) in [6.45, 7) is 6.86. The summed E-state index contributed by atoms with van der Waals surface area (Å²) in [5.41, 5.74) is 6.74. The van der Waals surface area contributed by atoms with E-state index in [4.69, 9.17) is 10.9 Å². The molecule has 1 rings (SSSR count). The van der Waals surface area contributed by atoms with Gasteiger partial charge in [-0.2, -0.15) is 0 Å². The molecule has 19 heavy (non-hydrogen) atoms.